The zero-order valence-corrected chi connectivity index (χ0v) is 19.9. The van der Waals surface area contributed by atoms with Crippen molar-refractivity contribution >= 4 is 44.9 Å². The molecular weight excluding hydrogens is 416 g/mol. The third kappa shape index (κ3) is 4.38. The lowest BCUT2D eigenvalue weighted by Gasteiger charge is -2.22. The molecule has 0 atom stereocenters. The van der Waals surface area contributed by atoms with Gasteiger partial charge in [0, 0.05) is 52.2 Å². The van der Waals surface area contributed by atoms with Gasteiger partial charge in [0.15, 0.2) is 5.13 Å². The molecule has 0 saturated carbocycles. The number of nitrogens with zero attached hydrogens (tertiary/aromatic N) is 6. The van der Waals surface area contributed by atoms with Crippen LogP contribution in [-0.2, 0) is 6.54 Å². The Morgan fingerprint density at radius 1 is 1.00 bits per heavy atom. The highest BCUT2D eigenvalue weighted by Crippen LogP contribution is 2.30. The Hall–Kier alpha value is -1.96. The quantitative estimate of drug-likeness (QED) is 0.592. The molecule has 0 amide bonds. The van der Waals surface area contributed by atoms with Crippen LogP contribution in [-0.4, -0.2) is 60.1 Å². The van der Waals surface area contributed by atoms with E-state index in [1.165, 1.54) is 11.1 Å². The molecule has 30 heavy (non-hydrogen) atoms. The lowest BCUT2D eigenvalue weighted by atomic mass is 10.1. The minimum Gasteiger partial charge on any atom is -0.354 e. The average Bonchev–Trinajstić information content (AvgIpc) is 2.91. The van der Waals surface area contributed by atoms with Crippen LogP contribution in [0.15, 0.2) is 12.1 Å². The fraction of sp³-hybridized carbons (Fsp3) is 0.500. The number of aromatic nitrogens is 3. The number of hydrogen-bond acceptors (Lipinski definition) is 7. The molecule has 8 heteroatoms. The highest BCUT2D eigenvalue weighted by molar-refractivity contribution is 7.16. The standard InChI is InChI=1S/C22H29ClN6S/c1-14-11-17-16(3)24-21(25-18(17)12-15(14)2)29-8-6-7-28(9-10-29)13-19-20(23)26-22(30-19)27(4)5/h11-12H,6-10,13H2,1-5H3. The number of fused-ring (bicyclic) bond motifs is 1. The Balaban J connectivity index is 1.50. The lowest BCUT2D eigenvalue weighted by molar-refractivity contribution is 0.288. The molecule has 3 heterocycles. The minimum atomic E-state index is 0.629. The summed E-state index contributed by atoms with van der Waals surface area (Å²) in [7, 11) is 3.99. The number of halogens is 1. The predicted molar refractivity (Wildman–Crippen MR) is 127 cm³/mol. The number of thiazole rings is 1. The van der Waals surface area contributed by atoms with Crippen molar-refractivity contribution in [3.8, 4) is 0 Å². The zero-order chi connectivity index (χ0) is 21.4. The summed E-state index contributed by atoms with van der Waals surface area (Å²) in [4.78, 5) is 22.1. The second kappa shape index (κ2) is 8.65. The molecule has 4 rings (SSSR count). The van der Waals surface area contributed by atoms with Gasteiger partial charge in [-0.05, 0) is 50.5 Å². The number of benzene rings is 1. The zero-order valence-electron chi connectivity index (χ0n) is 18.4. The first-order chi connectivity index (χ1) is 14.3. The highest BCUT2D eigenvalue weighted by Gasteiger charge is 2.20. The summed E-state index contributed by atoms with van der Waals surface area (Å²) in [5, 5.41) is 2.73. The summed E-state index contributed by atoms with van der Waals surface area (Å²) in [6, 6.07) is 4.38. The second-order valence-electron chi connectivity index (χ2n) is 8.28. The van der Waals surface area contributed by atoms with E-state index in [1.807, 2.05) is 19.0 Å². The van der Waals surface area contributed by atoms with Gasteiger partial charge < -0.3 is 9.80 Å². The lowest BCUT2D eigenvalue weighted by Crippen LogP contribution is -2.31. The van der Waals surface area contributed by atoms with E-state index in [0.717, 1.165) is 71.7 Å². The van der Waals surface area contributed by atoms with Gasteiger partial charge in [0.1, 0.15) is 5.15 Å². The highest BCUT2D eigenvalue weighted by atomic mass is 35.5. The molecule has 0 N–H and O–H groups in total. The van der Waals surface area contributed by atoms with Gasteiger partial charge in [-0.25, -0.2) is 15.0 Å². The molecule has 0 unspecified atom stereocenters. The van der Waals surface area contributed by atoms with E-state index in [-0.39, 0.29) is 0 Å². The maximum Gasteiger partial charge on any atom is 0.226 e. The van der Waals surface area contributed by atoms with Crippen LogP contribution in [0.1, 0.15) is 28.1 Å². The summed E-state index contributed by atoms with van der Waals surface area (Å²) in [6.07, 6.45) is 1.07. The normalized spacial score (nSPS) is 15.6. The summed E-state index contributed by atoms with van der Waals surface area (Å²) in [6.45, 7) is 11.1. The van der Waals surface area contributed by atoms with E-state index < -0.39 is 0 Å². The van der Waals surface area contributed by atoms with Crippen molar-refractivity contribution in [2.75, 3.05) is 50.1 Å². The van der Waals surface area contributed by atoms with Gasteiger partial charge in [-0.2, -0.15) is 0 Å². The second-order valence-corrected chi connectivity index (χ2v) is 9.70. The van der Waals surface area contributed by atoms with E-state index in [1.54, 1.807) is 11.3 Å². The van der Waals surface area contributed by atoms with Crippen molar-refractivity contribution in [2.24, 2.45) is 0 Å². The fourth-order valence-electron chi connectivity index (χ4n) is 3.81. The number of anilines is 2. The van der Waals surface area contributed by atoms with Crippen LogP contribution in [0, 0.1) is 20.8 Å². The van der Waals surface area contributed by atoms with Crippen LogP contribution < -0.4 is 9.80 Å². The summed E-state index contributed by atoms with van der Waals surface area (Å²) < 4.78 is 0. The molecule has 1 aliphatic rings. The van der Waals surface area contributed by atoms with Gasteiger partial charge in [-0.1, -0.05) is 22.9 Å². The molecule has 1 aliphatic heterocycles. The van der Waals surface area contributed by atoms with Crippen molar-refractivity contribution in [1.29, 1.82) is 0 Å². The minimum absolute atomic E-state index is 0.629. The van der Waals surface area contributed by atoms with Gasteiger partial charge >= 0.3 is 0 Å². The smallest absolute Gasteiger partial charge is 0.226 e. The fourth-order valence-corrected chi connectivity index (χ4v) is 5.03. The number of aryl methyl sites for hydroxylation is 3. The van der Waals surface area contributed by atoms with E-state index in [2.05, 4.69) is 47.7 Å². The molecule has 1 fully saturated rings. The van der Waals surface area contributed by atoms with E-state index in [9.17, 15) is 0 Å². The van der Waals surface area contributed by atoms with Crippen LogP contribution in [0.4, 0.5) is 11.1 Å². The Bertz CT molecular complexity index is 1060. The van der Waals surface area contributed by atoms with Crippen LogP contribution in [0.5, 0.6) is 0 Å². The van der Waals surface area contributed by atoms with Crippen LogP contribution in [0.25, 0.3) is 10.9 Å². The van der Waals surface area contributed by atoms with Gasteiger partial charge in [0.25, 0.3) is 0 Å². The Labute approximate surface area is 187 Å². The monoisotopic (exact) mass is 444 g/mol. The molecule has 6 nitrogen and oxygen atoms in total. The van der Waals surface area contributed by atoms with Crippen molar-refractivity contribution in [2.45, 2.75) is 33.7 Å². The van der Waals surface area contributed by atoms with Crippen LogP contribution in [0.2, 0.25) is 5.15 Å². The molecule has 0 bridgehead atoms. The topological polar surface area (TPSA) is 48.4 Å². The third-order valence-corrected chi connectivity index (χ3v) is 7.38. The first-order valence-corrected chi connectivity index (χ1v) is 11.6. The van der Waals surface area contributed by atoms with Crippen molar-refractivity contribution in [3.05, 3.63) is 39.0 Å². The molecule has 1 saturated heterocycles. The summed E-state index contributed by atoms with van der Waals surface area (Å²) in [5.74, 6) is 0.843. The van der Waals surface area contributed by atoms with E-state index >= 15 is 0 Å². The molecule has 0 radical (unpaired) electrons. The van der Waals surface area contributed by atoms with Gasteiger partial charge in [-0.3, -0.25) is 4.90 Å². The van der Waals surface area contributed by atoms with Crippen molar-refractivity contribution in [1.82, 2.24) is 19.9 Å². The summed E-state index contributed by atoms with van der Waals surface area (Å²) in [5.41, 5.74) is 4.64. The number of rotatable bonds is 4. The van der Waals surface area contributed by atoms with Gasteiger partial charge in [0.2, 0.25) is 5.95 Å². The maximum absolute atomic E-state index is 6.39. The Morgan fingerprint density at radius 3 is 2.50 bits per heavy atom. The van der Waals surface area contributed by atoms with Gasteiger partial charge in [-0.15, -0.1) is 0 Å². The number of hydrogen-bond donors (Lipinski definition) is 0. The molecular formula is C22H29ClN6S. The first-order valence-electron chi connectivity index (χ1n) is 10.4. The molecule has 0 aliphatic carbocycles. The molecule has 2 aromatic heterocycles. The first kappa shape index (κ1) is 21.3. The Morgan fingerprint density at radius 2 is 1.77 bits per heavy atom. The predicted octanol–water partition coefficient (Wildman–Crippen LogP) is 4.44. The van der Waals surface area contributed by atoms with E-state index in [4.69, 9.17) is 21.6 Å². The van der Waals surface area contributed by atoms with Crippen LogP contribution >= 0.6 is 22.9 Å². The molecule has 0 spiro atoms. The average molecular weight is 445 g/mol. The van der Waals surface area contributed by atoms with Crippen molar-refractivity contribution in [3.63, 3.8) is 0 Å². The largest absolute Gasteiger partial charge is 0.354 e. The Kier molecular flexibility index (Phi) is 6.14. The molecule has 160 valence electrons. The van der Waals surface area contributed by atoms with Crippen molar-refractivity contribution < 1.29 is 0 Å². The van der Waals surface area contributed by atoms with Gasteiger partial charge in [0.05, 0.1) is 16.1 Å². The van der Waals surface area contributed by atoms with E-state index in [0.29, 0.717) is 5.15 Å². The molecule has 1 aromatic carbocycles. The third-order valence-electron chi connectivity index (χ3n) is 5.75. The maximum atomic E-state index is 6.39. The molecule has 3 aromatic rings. The summed E-state index contributed by atoms with van der Waals surface area (Å²) >= 11 is 8.06. The van der Waals surface area contributed by atoms with Crippen LogP contribution in [0.3, 0.4) is 0 Å². The SMILES string of the molecule is Cc1cc2nc(N3CCCN(Cc4sc(N(C)C)nc4Cl)CC3)nc(C)c2cc1C.